The highest BCUT2D eigenvalue weighted by molar-refractivity contribution is 7.12. The van der Waals surface area contributed by atoms with Gasteiger partial charge in [-0.15, -0.1) is 23.7 Å². The van der Waals surface area contributed by atoms with E-state index < -0.39 is 0 Å². The smallest absolute Gasteiger partial charge is 0.261 e. The minimum atomic E-state index is 0. The number of halogens is 1. The molecule has 0 bridgehead atoms. The molecule has 3 nitrogen and oxygen atoms in total. The lowest BCUT2D eigenvalue weighted by Gasteiger charge is -2.27. The van der Waals surface area contributed by atoms with Crippen LogP contribution < -0.4 is 11.1 Å². The van der Waals surface area contributed by atoms with Crippen LogP contribution in [0.3, 0.4) is 0 Å². The van der Waals surface area contributed by atoms with Crippen molar-refractivity contribution in [2.75, 3.05) is 0 Å². The zero-order valence-corrected chi connectivity index (χ0v) is 10.7. The van der Waals surface area contributed by atoms with Crippen LogP contribution >= 0.6 is 23.7 Å². The lowest BCUT2D eigenvalue weighted by Crippen LogP contribution is -2.42. The second-order valence-corrected chi connectivity index (χ2v) is 5.02. The van der Waals surface area contributed by atoms with Crippen LogP contribution in [0.15, 0.2) is 17.5 Å². The van der Waals surface area contributed by atoms with Crippen molar-refractivity contribution < 1.29 is 4.79 Å². The number of rotatable bonds is 2. The van der Waals surface area contributed by atoms with E-state index in [1.807, 2.05) is 17.5 Å². The molecule has 1 aliphatic carbocycles. The van der Waals surface area contributed by atoms with Gasteiger partial charge in [-0.05, 0) is 37.1 Å². The zero-order chi connectivity index (χ0) is 10.7. The fourth-order valence-corrected chi connectivity index (χ4v) is 2.65. The molecule has 5 heteroatoms. The van der Waals surface area contributed by atoms with Crippen LogP contribution in [0.1, 0.15) is 35.4 Å². The minimum absolute atomic E-state index is 0. The zero-order valence-electron chi connectivity index (χ0n) is 9.02. The molecule has 1 aromatic heterocycles. The standard InChI is InChI=1S/C11H16N2OS.ClH/c12-8-3-1-4-9(7-8)13-11(14)10-5-2-6-15-10;/h2,5-6,8-9H,1,3-4,7,12H2,(H,13,14);1H. The van der Waals surface area contributed by atoms with Crippen molar-refractivity contribution in [3.63, 3.8) is 0 Å². The van der Waals surface area contributed by atoms with Gasteiger partial charge >= 0.3 is 0 Å². The molecule has 1 heterocycles. The van der Waals surface area contributed by atoms with Gasteiger partial charge in [-0.1, -0.05) is 6.07 Å². The average molecular weight is 261 g/mol. The van der Waals surface area contributed by atoms with Crippen molar-refractivity contribution in [1.82, 2.24) is 5.32 Å². The highest BCUT2D eigenvalue weighted by Crippen LogP contribution is 2.18. The van der Waals surface area contributed by atoms with E-state index in [1.54, 1.807) is 0 Å². The summed E-state index contributed by atoms with van der Waals surface area (Å²) in [7, 11) is 0. The summed E-state index contributed by atoms with van der Waals surface area (Å²) in [5.74, 6) is 0.0455. The summed E-state index contributed by atoms with van der Waals surface area (Å²) in [6, 6.07) is 4.27. The number of nitrogens with two attached hydrogens (primary N) is 1. The van der Waals surface area contributed by atoms with Crippen molar-refractivity contribution >= 4 is 29.7 Å². The van der Waals surface area contributed by atoms with E-state index in [2.05, 4.69) is 5.32 Å². The number of hydrogen-bond acceptors (Lipinski definition) is 3. The summed E-state index contributed by atoms with van der Waals surface area (Å²) in [5, 5.41) is 4.96. The number of nitrogens with one attached hydrogen (secondary N) is 1. The fraction of sp³-hybridized carbons (Fsp3) is 0.545. The van der Waals surface area contributed by atoms with E-state index in [0.29, 0.717) is 0 Å². The Labute approximate surface area is 106 Å². The molecule has 2 rings (SSSR count). The molecule has 2 atom stereocenters. The molecular formula is C11H17ClN2OS. The maximum Gasteiger partial charge on any atom is 0.261 e. The Balaban J connectivity index is 0.00000128. The first kappa shape index (κ1) is 13.5. The van der Waals surface area contributed by atoms with Gasteiger partial charge < -0.3 is 11.1 Å². The van der Waals surface area contributed by atoms with E-state index in [4.69, 9.17) is 5.73 Å². The SMILES string of the molecule is Cl.NC1CCCC(NC(=O)c2cccs2)C1. The third kappa shape index (κ3) is 3.47. The van der Waals surface area contributed by atoms with Crippen molar-refractivity contribution in [2.45, 2.75) is 37.8 Å². The maximum absolute atomic E-state index is 11.7. The largest absolute Gasteiger partial charge is 0.349 e. The van der Waals surface area contributed by atoms with Crippen LogP contribution in [0, 0.1) is 0 Å². The molecule has 0 radical (unpaired) electrons. The van der Waals surface area contributed by atoms with Crippen LogP contribution in [-0.4, -0.2) is 18.0 Å². The molecule has 1 amide bonds. The van der Waals surface area contributed by atoms with Gasteiger partial charge in [-0.2, -0.15) is 0 Å². The predicted octanol–water partition coefficient (Wildman–Crippen LogP) is 2.17. The quantitative estimate of drug-likeness (QED) is 0.856. The summed E-state index contributed by atoms with van der Waals surface area (Å²) in [6.07, 6.45) is 4.18. The second-order valence-electron chi connectivity index (χ2n) is 4.07. The molecule has 3 N–H and O–H groups in total. The molecule has 1 fully saturated rings. The Morgan fingerprint density at radius 1 is 1.50 bits per heavy atom. The first-order chi connectivity index (χ1) is 7.25. The van der Waals surface area contributed by atoms with Gasteiger partial charge in [0.15, 0.2) is 0 Å². The monoisotopic (exact) mass is 260 g/mol. The van der Waals surface area contributed by atoms with Crippen molar-refractivity contribution in [3.05, 3.63) is 22.4 Å². The molecule has 2 unspecified atom stereocenters. The van der Waals surface area contributed by atoms with Crippen LogP contribution in [0.2, 0.25) is 0 Å². The molecule has 0 saturated heterocycles. The van der Waals surface area contributed by atoms with E-state index in [1.165, 1.54) is 11.3 Å². The van der Waals surface area contributed by atoms with E-state index in [9.17, 15) is 4.79 Å². The van der Waals surface area contributed by atoms with Crippen molar-refractivity contribution in [1.29, 1.82) is 0 Å². The van der Waals surface area contributed by atoms with Gasteiger partial charge in [0.1, 0.15) is 0 Å². The number of thiophene rings is 1. The van der Waals surface area contributed by atoms with Crippen molar-refractivity contribution in [2.24, 2.45) is 5.73 Å². The van der Waals surface area contributed by atoms with Crippen LogP contribution in [0.25, 0.3) is 0 Å². The molecule has 0 spiro atoms. The Morgan fingerprint density at radius 3 is 2.94 bits per heavy atom. The highest BCUT2D eigenvalue weighted by atomic mass is 35.5. The lowest BCUT2D eigenvalue weighted by atomic mass is 9.91. The predicted molar refractivity (Wildman–Crippen MR) is 69.3 cm³/mol. The lowest BCUT2D eigenvalue weighted by molar-refractivity contribution is 0.0930. The Hall–Kier alpha value is -0.580. The molecule has 1 aliphatic rings. The third-order valence-corrected chi connectivity index (χ3v) is 3.66. The van der Waals surface area contributed by atoms with E-state index >= 15 is 0 Å². The van der Waals surface area contributed by atoms with Crippen LogP contribution in [-0.2, 0) is 0 Å². The first-order valence-electron chi connectivity index (χ1n) is 5.35. The fourth-order valence-electron chi connectivity index (χ4n) is 2.02. The summed E-state index contributed by atoms with van der Waals surface area (Å²) >= 11 is 1.48. The van der Waals surface area contributed by atoms with Crippen LogP contribution in [0.4, 0.5) is 0 Å². The van der Waals surface area contributed by atoms with Crippen molar-refractivity contribution in [3.8, 4) is 0 Å². The molecule has 0 aliphatic heterocycles. The first-order valence-corrected chi connectivity index (χ1v) is 6.23. The Morgan fingerprint density at radius 2 is 2.31 bits per heavy atom. The second kappa shape index (κ2) is 6.23. The molecular weight excluding hydrogens is 244 g/mol. The Bertz CT molecular complexity index is 329. The van der Waals surface area contributed by atoms with Gasteiger partial charge in [0.05, 0.1) is 4.88 Å². The van der Waals surface area contributed by atoms with Gasteiger partial charge in [0, 0.05) is 12.1 Å². The topological polar surface area (TPSA) is 55.1 Å². The summed E-state index contributed by atoms with van der Waals surface area (Å²) < 4.78 is 0. The number of hydrogen-bond donors (Lipinski definition) is 2. The molecule has 16 heavy (non-hydrogen) atoms. The molecule has 0 aromatic carbocycles. The average Bonchev–Trinajstić information content (AvgIpc) is 2.70. The summed E-state index contributed by atoms with van der Waals surface area (Å²) in [4.78, 5) is 12.5. The Kier molecular flexibility index (Phi) is 5.25. The number of carbonyl (C=O) groups is 1. The number of amides is 1. The molecule has 90 valence electrons. The molecule has 1 saturated carbocycles. The van der Waals surface area contributed by atoms with Gasteiger partial charge in [0.25, 0.3) is 5.91 Å². The highest BCUT2D eigenvalue weighted by Gasteiger charge is 2.21. The maximum atomic E-state index is 11.7. The summed E-state index contributed by atoms with van der Waals surface area (Å²) in [6.45, 7) is 0. The van der Waals surface area contributed by atoms with Gasteiger partial charge in [0.2, 0.25) is 0 Å². The van der Waals surface area contributed by atoms with Gasteiger partial charge in [-0.3, -0.25) is 4.79 Å². The minimum Gasteiger partial charge on any atom is -0.349 e. The van der Waals surface area contributed by atoms with E-state index in [0.717, 1.165) is 30.6 Å². The third-order valence-electron chi connectivity index (χ3n) is 2.79. The van der Waals surface area contributed by atoms with E-state index in [-0.39, 0.29) is 30.4 Å². The van der Waals surface area contributed by atoms with Crippen LogP contribution in [0.5, 0.6) is 0 Å². The molecule has 1 aromatic rings. The summed E-state index contributed by atoms with van der Waals surface area (Å²) in [5.41, 5.74) is 5.87. The number of carbonyl (C=O) groups excluding carboxylic acids is 1. The van der Waals surface area contributed by atoms with Gasteiger partial charge in [-0.25, -0.2) is 0 Å². The normalized spacial score (nSPS) is 24.6.